The van der Waals surface area contributed by atoms with E-state index in [0.29, 0.717) is 12.0 Å². The molecule has 1 atom stereocenters. The van der Waals surface area contributed by atoms with Crippen LogP contribution in [0.5, 0.6) is 0 Å². The summed E-state index contributed by atoms with van der Waals surface area (Å²) in [7, 11) is 0. The molecule has 0 aliphatic rings. The minimum atomic E-state index is 0.385. The summed E-state index contributed by atoms with van der Waals surface area (Å²) >= 11 is 0. The van der Waals surface area contributed by atoms with Crippen LogP contribution in [-0.2, 0) is 0 Å². The fourth-order valence-corrected chi connectivity index (χ4v) is 1.99. The number of rotatable bonds is 9. The minimum absolute atomic E-state index is 0.385. The highest BCUT2D eigenvalue weighted by Crippen LogP contribution is 2.09. The van der Waals surface area contributed by atoms with Gasteiger partial charge in [0.15, 0.2) is 0 Å². The first-order valence-corrected chi connectivity index (χ1v) is 6.98. The maximum Gasteiger partial charge on any atom is 0.239 e. The van der Waals surface area contributed by atoms with Crippen LogP contribution >= 0.6 is 0 Å². The molecule has 108 valence electrons. The Bertz CT molecular complexity index is 353. The first kappa shape index (κ1) is 15.7. The molecule has 1 aromatic rings. The highest BCUT2D eigenvalue weighted by molar-refractivity contribution is 5.39. The maximum atomic E-state index is 5.29. The molecule has 0 spiro atoms. The molecule has 6 heteroatoms. The van der Waals surface area contributed by atoms with E-state index in [4.69, 9.17) is 5.84 Å². The molecule has 0 bridgehead atoms. The zero-order valence-corrected chi connectivity index (χ0v) is 12.2. The van der Waals surface area contributed by atoms with E-state index in [1.54, 1.807) is 6.20 Å². The average molecular weight is 266 g/mol. The number of nitrogens with two attached hydrogens (primary N) is 1. The Morgan fingerprint density at radius 2 is 2.11 bits per heavy atom. The third-order valence-electron chi connectivity index (χ3n) is 3.18. The van der Waals surface area contributed by atoms with Crippen molar-refractivity contribution in [2.45, 2.75) is 39.7 Å². The van der Waals surface area contributed by atoms with Gasteiger partial charge in [0.05, 0.1) is 0 Å². The van der Waals surface area contributed by atoms with Crippen molar-refractivity contribution in [2.75, 3.05) is 30.4 Å². The van der Waals surface area contributed by atoms with Crippen LogP contribution in [0.1, 0.15) is 33.6 Å². The summed E-state index contributed by atoms with van der Waals surface area (Å²) in [6, 6.07) is 2.23. The number of nitrogens with one attached hydrogen (secondary N) is 2. The van der Waals surface area contributed by atoms with Gasteiger partial charge in [-0.05, 0) is 45.5 Å². The number of nitrogens with zero attached hydrogens (tertiary/aromatic N) is 3. The van der Waals surface area contributed by atoms with E-state index in [0.717, 1.165) is 31.9 Å². The highest BCUT2D eigenvalue weighted by atomic mass is 15.3. The smallest absolute Gasteiger partial charge is 0.239 e. The van der Waals surface area contributed by atoms with Crippen molar-refractivity contribution in [3.05, 3.63) is 12.3 Å². The predicted molar refractivity (Wildman–Crippen MR) is 79.9 cm³/mol. The molecule has 0 aliphatic carbocycles. The molecule has 0 saturated carbocycles. The highest BCUT2D eigenvalue weighted by Gasteiger charge is 2.05. The van der Waals surface area contributed by atoms with Gasteiger partial charge >= 0.3 is 0 Å². The molecular weight excluding hydrogens is 240 g/mol. The van der Waals surface area contributed by atoms with Gasteiger partial charge in [0.25, 0.3) is 0 Å². The Morgan fingerprint density at radius 3 is 2.74 bits per heavy atom. The largest absolute Gasteiger partial charge is 0.367 e. The van der Waals surface area contributed by atoms with Gasteiger partial charge in [0.2, 0.25) is 5.95 Å². The minimum Gasteiger partial charge on any atom is -0.367 e. The molecule has 1 heterocycles. The first-order valence-electron chi connectivity index (χ1n) is 6.98. The molecule has 0 aromatic carbocycles. The molecule has 19 heavy (non-hydrogen) atoms. The molecule has 1 unspecified atom stereocenters. The Labute approximate surface area is 115 Å². The molecule has 4 N–H and O–H groups in total. The maximum absolute atomic E-state index is 5.29. The SMILES string of the molecule is CCN(CC)CCCC(C)Nc1ccnc(NN)n1. The number of hydrogen-bond acceptors (Lipinski definition) is 6. The molecule has 0 amide bonds. The summed E-state index contributed by atoms with van der Waals surface area (Å²) in [4.78, 5) is 10.7. The van der Waals surface area contributed by atoms with E-state index in [2.05, 4.69) is 46.4 Å². The molecule has 6 nitrogen and oxygen atoms in total. The zero-order valence-electron chi connectivity index (χ0n) is 12.2. The van der Waals surface area contributed by atoms with Crippen molar-refractivity contribution in [1.29, 1.82) is 0 Å². The van der Waals surface area contributed by atoms with Crippen molar-refractivity contribution in [3.8, 4) is 0 Å². The second-order valence-corrected chi connectivity index (χ2v) is 4.62. The summed E-state index contributed by atoms with van der Waals surface area (Å²) in [5, 5.41) is 3.36. The molecule has 1 aromatic heterocycles. The van der Waals surface area contributed by atoms with Gasteiger partial charge in [-0.2, -0.15) is 4.98 Å². The van der Waals surface area contributed by atoms with E-state index in [9.17, 15) is 0 Å². The van der Waals surface area contributed by atoms with Crippen LogP contribution < -0.4 is 16.6 Å². The van der Waals surface area contributed by atoms with E-state index < -0.39 is 0 Å². The molecule has 0 saturated heterocycles. The quantitative estimate of drug-likeness (QED) is 0.466. The van der Waals surface area contributed by atoms with Gasteiger partial charge in [-0.15, -0.1) is 0 Å². The monoisotopic (exact) mass is 266 g/mol. The number of anilines is 2. The van der Waals surface area contributed by atoms with Gasteiger partial charge in [-0.25, -0.2) is 10.8 Å². The van der Waals surface area contributed by atoms with Crippen LogP contribution in [-0.4, -0.2) is 40.5 Å². The normalized spacial score (nSPS) is 12.5. The summed E-state index contributed by atoms with van der Waals surface area (Å²) in [5.74, 6) is 6.52. The molecule has 0 radical (unpaired) electrons. The van der Waals surface area contributed by atoms with Crippen molar-refractivity contribution < 1.29 is 0 Å². The third-order valence-corrected chi connectivity index (χ3v) is 3.18. The summed E-state index contributed by atoms with van der Waals surface area (Å²) in [5.41, 5.74) is 2.45. The van der Waals surface area contributed by atoms with E-state index in [-0.39, 0.29) is 0 Å². The fraction of sp³-hybridized carbons (Fsp3) is 0.692. The topological polar surface area (TPSA) is 79.1 Å². The fourth-order valence-electron chi connectivity index (χ4n) is 1.99. The molecular formula is C13H26N6. The van der Waals surface area contributed by atoms with Gasteiger partial charge in [-0.3, -0.25) is 5.43 Å². The lowest BCUT2D eigenvalue weighted by molar-refractivity contribution is 0.295. The van der Waals surface area contributed by atoms with Crippen LogP contribution in [0.3, 0.4) is 0 Å². The number of hydrazine groups is 1. The average Bonchev–Trinajstić information content (AvgIpc) is 2.44. The van der Waals surface area contributed by atoms with E-state index in [1.165, 1.54) is 6.42 Å². The van der Waals surface area contributed by atoms with Crippen molar-refractivity contribution >= 4 is 11.8 Å². The van der Waals surface area contributed by atoms with Gasteiger partial charge in [-0.1, -0.05) is 13.8 Å². The zero-order chi connectivity index (χ0) is 14.1. The van der Waals surface area contributed by atoms with E-state index >= 15 is 0 Å². The molecule has 0 fully saturated rings. The predicted octanol–water partition coefficient (Wildman–Crippen LogP) is 1.68. The van der Waals surface area contributed by atoms with Crippen molar-refractivity contribution in [2.24, 2.45) is 5.84 Å². The second kappa shape index (κ2) is 8.66. The van der Waals surface area contributed by atoms with Crippen LogP contribution in [0.4, 0.5) is 11.8 Å². The number of nitrogen functional groups attached to an aromatic ring is 1. The molecule has 0 aliphatic heterocycles. The Hall–Kier alpha value is -1.40. The summed E-state index contributed by atoms with van der Waals surface area (Å²) in [6.07, 6.45) is 3.99. The van der Waals surface area contributed by atoms with Gasteiger partial charge in [0, 0.05) is 12.2 Å². The van der Waals surface area contributed by atoms with Gasteiger partial charge < -0.3 is 10.2 Å². The van der Waals surface area contributed by atoms with Crippen LogP contribution in [0.2, 0.25) is 0 Å². The first-order chi connectivity index (χ1) is 9.19. The van der Waals surface area contributed by atoms with Crippen LogP contribution in [0.15, 0.2) is 12.3 Å². The lowest BCUT2D eigenvalue weighted by atomic mass is 10.1. The summed E-state index contributed by atoms with van der Waals surface area (Å²) < 4.78 is 0. The van der Waals surface area contributed by atoms with Crippen molar-refractivity contribution in [3.63, 3.8) is 0 Å². The third kappa shape index (κ3) is 5.85. The van der Waals surface area contributed by atoms with Crippen LogP contribution in [0, 0.1) is 0 Å². The summed E-state index contributed by atoms with van der Waals surface area (Å²) in [6.45, 7) is 9.96. The molecule has 1 rings (SSSR count). The Balaban J connectivity index is 2.32. The van der Waals surface area contributed by atoms with Gasteiger partial charge in [0.1, 0.15) is 5.82 Å². The number of aromatic nitrogens is 2. The lowest BCUT2D eigenvalue weighted by Gasteiger charge is -2.20. The van der Waals surface area contributed by atoms with Crippen molar-refractivity contribution in [1.82, 2.24) is 14.9 Å². The van der Waals surface area contributed by atoms with Crippen LogP contribution in [0.25, 0.3) is 0 Å². The standard InChI is InChI=1S/C13H26N6/c1-4-19(5-2)10-6-7-11(3)16-12-8-9-15-13(17-12)18-14/h8-9,11H,4-7,10,14H2,1-3H3,(H2,15,16,17,18). The number of hydrogen-bond donors (Lipinski definition) is 3. The lowest BCUT2D eigenvalue weighted by Crippen LogP contribution is -2.25. The Morgan fingerprint density at radius 1 is 1.37 bits per heavy atom. The second-order valence-electron chi connectivity index (χ2n) is 4.62. The Kier molecular flexibility index (Phi) is 7.14. The van der Waals surface area contributed by atoms with E-state index in [1.807, 2.05) is 6.07 Å².